The molecular formula is C11H8Br2N2OS. The maximum absolute atomic E-state index is 5.53. The molecule has 17 heavy (non-hydrogen) atoms. The van der Waals surface area contributed by atoms with Gasteiger partial charge in [0.15, 0.2) is 15.4 Å². The summed E-state index contributed by atoms with van der Waals surface area (Å²) in [6, 6.07) is 3.77. The van der Waals surface area contributed by atoms with Crippen LogP contribution in [0.5, 0.6) is 0 Å². The van der Waals surface area contributed by atoms with E-state index in [-0.39, 0.29) is 0 Å². The molecule has 0 fully saturated rings. The van der Waals surface area contributed by atoms with E-state index in [9.17, 15) is 0 Å². The van der Waals surface area contributed by atoms with Crippen LogP contribution in [-0.2, 0) is 0 Å². The highest BCUT2D eigenvalue weighted by Crippen LogP contribution is 2.35. The van der Waals surface area contributed by atoms with Gasteiger partial charge in [-0.25, -0.2) is 4.98 Å². The van der Waals surface area contributed by atoms with Crippen molar-refractivity contribution in [3.8, 4) is 11.5 Å². The molecule has 3 rings (SSSR count). The molecule has 0 aliphatic carbocycles. The normalized spacial score (nSPS) is 11.5. The molecule has 0 aromatic carbocycles. The first kappa shape index (κ1) is 11.5. The Morgan fingerprint density at radius 2 is 2.06 bits per heavy atom. The number of thiazole rings is 1. The van der Waals surface area contributed by atoms with Crippen LogP contribution in [0.4, 0.5) is 0 Å². The minimum Gasteiger partial charge on any atom is -0.448 e. The van der Waals surface area contributed by atoms with Crippen molar-refractivity contribution in [2.45, 2.75) is 13.8 Å². The van der Waals surface area contributed by atoms with Gasteiger partial charge in [0, 0.05) is 10.6 Å². The van der Waals surface area contributed by atoms with Crippen LogP contribution < -0.4 is 0 Å². The lowest BCUT2D eigenvalue weighted by atomic mass is 10.3. The molecular weight excluding hydrogens is 368 g/mol. The molecule has 0 amide bonds. The second-order valence-corrected chi connectivity index (χ2v) is 6.43. The van der Waals surface area contributed by atoms with E-state index in [1.807, 2.05) is 12.1 Å². The van der Waals surface area contributed by atoms with E-state index in [0.29, 0.717) is 4.67 Å². The largest absolute Gasteiger partial charge is 0.448 e. The minimum atomic E-state index is 0.712. The van der Waals surface area contributed by atoms with E-state index >= 15 is 0 Å². The number of nitrogens with zero attached hydrogens (tertiary/aromatic N) is 2. The predicted molar refractivity (Wildman–Crippen MR) is 75.6 cm³/mol. The van der Waals surface area contributed by atoms with Gasteiger partial charge in [0.25, 0.3) is 0 Å². The Labute approximate surface area is 119 Å². The van der Waals surface area contributed by atoms with Crippen molar-refractivity contribution >= 4 is 48.2 Å². The molecule has 0 spiro atoms. The summed E-state index contributed by atoms with van der Waals surface area (Å²) in [5.41, 5.74) is 2.05. The van der Waals surface area contributed by atoms with Gasteiger partial charge in [-0.1, -0.05) is 0 Å². The zero-order valence-electron chi connectivity index (χ0n) is 9.12. The molecule has 0 unspecified atom stereocenters. The highest BCUT2D eigenvalue weighted by molar-refractivity contribution is 9.10. The highest BCUT2D eigenvalue weighted by atomic mass is 79.9. The zero-order valence-corrected chi connectivity index (χ0v) is 13.1. The standard InChI is InChI=1S/C11H8Br2N2OS/c1-5-6(2)17-11-14-9(10(13)15(5)11)7-3-4-8(12)16-7/h3-4H,1-2H3. The van der Waals surface area contributed by atoms with Gasteiger partial charge in [0.1, 0.15) is 10.3 Å². The predicted octanol–water partition coefficient (Wildman–Crippen LogP) is 4.80. The first-order chi connectivity index (χ1) is 8.08. The third kappa shape index (κ3) is 1.70. The van der Waals surface area contributed by atoms with Gasteiger partial charge in [-0.2, -0.15) is 0 Å². The smallest absolute Gasteiger partial charge is 0.195 e. The lowest BCUT2D eigenvalue weighted by Crippen LogP contribution is -1.85. The van der Waals surface area contributed by atoms with Crippen LogP contribution in [-0.4, -0.2) is 9.38 Å². The molecule has 0 atom stereocenters. The van der Waals surface area contributed by atoms with Crippen molar-refractivity contribution in [1.82, 2.24) is 9.38 Å². The third-order valence-corrected chi connectivity index (χ3v) is 4.90. The van der Waals surface area contributed by atoms with Crippen molar-refractivity contribution in [3.05, 3.63) is 32.0 Å². The lowest BCUT2D eigenvalue weighted by Gasteiger charge is -1.95. The highest BCUT2D eigenvalue weighted by Gasteiger charge is 2.18. The quantitative estimate of drug-likeness (QED) is 0.611. The van der Waals surface area contributed by atoms with Gasteiger partial charge in [-0.3, -0.25) is 4.40 Å². The number of rotatable bonds is 1. The Hall–Kier alpha value is -0.590. The third-order valence-electron chi connectivity index (χ3n) is 2.69. The summed E-state index contributed by atoms with van der Waals surface area (Å²) in [4.78, 5) is 6.86. The van der Waals surface area contributed by atoms with E-state index in [4.69, 9.17) is 4.42 Å². The maximum atomic E-state index is 5.53. The van der Waals surface area contributed by atoms with Crippen molar-refractivity contribution in [2.24, 2.45) is 0 Å². The Morgan fingerprint density at radius 1 is 1.29 bits per heavy atom. The van der Waals surface area contributed by atoms with Crippen LogP contribution >= 0.6 is 43.2 Å². The maximum Gasteiger partial charge on any atom is 0.195 e. The van der Waals surface area contributed by atoms with E-state index in [1.54, 1.807) is 11.3 Å². The number of hydrogen-bond donors (Lipinski definition) is 0. The Balaban J connectivity index is 2.29. The van der Waals surface area contributed by atoms with Gasteiger partial charge in [-0.15, -0.1) is 11.3 Å². The number of furan rings is 1. The fraction of sp³-hybridized carbons (Fsp3) is 0.182. The van der Waals surface area contributed by atoms with Crippen molar-refractivity contribution in [1.29, 1.82) is 0 Å². The van der Waals surface area contributed by atoms with E-state index in [2.05, 4.69) is 55.1 Å². The average Bonchev–Trinajstić information content (AvgIpc) is 2.89. The average molecular weight is 376 g/mol. The van der Waals surface area contributed by atoms with E-state index in [1.165, 1.54) is 10.6 Å². The number of aromatic nitrogens is 2. The molecule has 6 heteroatoms. The number of aryl methyl sites for hydroxylation is 2. The van der Waals surface area contributed by atoms with Gasteiger partial charge < -0.3 is 4.42 Å². The van der Waals surface area contributed by atoms with E-state index in [0.717, 1.165) is 21.0 Å². The molecule has 3 aromatic heterocycles. The molecule has 3 nitrogen and oxygen atoms in total. The fourth-order valence-corrected chi connectivity index (χ4v) is 3.82. The topological polar surface area (TPSA) is 30.4 Å². The molecule has 0 bridgehead atoms. The van der Waals surface area contributed by atoms with Gasteiger partial charge in [0.05, 0.1) is 0 Å². The van der Waals surface area contributed by atoms with Gasteiger partial charge >= 0.3 is 0 Å². The summed E-state index contributed by atoms with van der Waals surface area (Å²) in [5.74, 6) is 0.761. The summed E-state index contributed by atoms with van der Waals surface area (Å²) in [7, 11) is 0. The SMILES string of the molecule is Cc1sc2nc(-c3ccc(Br)o3)c(Br)n2c1C. The second-order valence-electron chi connectivity index (χ2n) is 3.72. The Bertz CT molecular complexity index is 711. The molecule has 88 valence electrons. The Kier molecular flexibility index (Phi) is 2.68. The number of imidazole rings is 1. The van der Waals surface area contributed by atoms with Crippen molar-refractivity contribution in [2.75, 3.05) is 0 Å². The first-order valence-corrected chi connectivity index (χ1v) is 7.38. The molecule has 0 aliphatic rings. The summed E-state index contributed by atoms with van der Waals surface area (Å²) >= 11 is 8.58. The first-order valence-electron chi connectivity index (χ1n) is 4.97. The van der Waals surface area contributed by atoms with Crippen LogP contribution in [0, 0.1) is 13.8 Å². The molecule has 3 heterocycles. The molecule has 0 saturated heterocycles. The van der Waals surface area contributed by atoms with Crippen LogP contribution in [0.25, 0.3) is 16.4 Å². The van der Waals surface area contributed by atoms with Crippen LogP contribution in [0.2, 0.25) is 0 Å². The fourth-order valence-electron chi connectivity index (χ4n) is 1.71. The molecule has 0 saturated carbocycles. The molecule has 0 radical (unpaired) electrons. The summed E-state index contributed by atoms with van der Waals surface area (Å²) in [5, 5.41) is 0. The number of halogens is 2. The number of hydrogen-bond acceptors (Lipinski definition) is 3. The molecule has 0 aliphatic heterocycles. The molecule has 0 N–H and O–H groups in total. The second kappa shape index (κ2) is 3.96. The minimum absolute atomic E-state index is 0.712. The van der Waals surface area contributed by atoms with Crippen LogP contribution in [0.3, 0.4) is 0 Å². The summed E-state index contributed by atoms with van der Waals surface area (Å²) < 4.78 is 9.29. The van der Waals surface area contributed by atoms with E-state index < -0.39 is 0 Å². The summed E-state index contributed by atoms with van der Waals surface area (Å²) in [6.45, 7) is 4.19. The molecule has 3 aromatic rings. The zero-order chi connectivity index (χ0) is 12.2. The number of fused-ring (bicyclic) bond motifs is 1. The van der Waals surface area contributed by atoms with Gasteiger partial charge in [-0.05, 0) is 57.8 Å². The summed E-state index contributed by atoms with van der Waals surface area (Å²) in [6.07, 6.45) is 0. The van der Waals surface area contributed by atoms with Crippen molar-refractivity contribution in [3.63, 3.8) is 0 Å². The monoisotopic (exact) mass is 374 g/mol. The van der Waals surface area contributed by atoms with Crippen LogP contribution in [0.15, 0.2) is 25.8 Å². The van der Waals surface area contributed by atoms with Crippen LogP contribution in [0.1, 0.15) is 10.6 Å². The van der Waals surface area contributed by atoms with Crippen molar-refractivity contribution < 1.29 is 4.42 Å². The van der Waals surface area contributed by atoms with Gasteiger partial charge in [0.2, 0.25) is 0 Å². The Morgan fingerprint density at radius 3 is 2.65 bits per heavy atom. The lowest BCUT2D eigenvalue weighted by molar-refractivity contribution is 0.554.